The van der Waals surface area contributed by atoms with Gasteiger partial charge in [-0.05, 0) is 74.7 Å². The number of aryl methyl sites for hydroxylation is 2. The Morgan fingerprint density at radius 2 is 1.67 bits per heavy atom. The van der Waals surface area contributed by atoms with Crippen LogP contribution in [0.25, 0.3) is 0 Å². The van der Waals surface area contributed by atoms with E-state index in [1.54, 1.807) is 12.1 Å². The first kappa shape index (κ1) is 19.2. The van der Waals surface area contributed by atoms with E-state index < -0.39 is 6.10 Å². The van der Waals surface area contributed by atoms with Gasteiger partial charge in [0.2, 0.25) is 0 Å². The van der Waals surface area contributed by atoms with Gasteiger partial charge in [0.1, 0.15) is 11.6 Å². The standard InChI is InChI=1S/C22H27FN2O2/c1-15-13-16(2)17(3)21(14-15)27-18(4)22(26)25-11-9-24(10-12-25)20-7-5-19(23)6-8-20/h5-8,13-14,18H,9-12H2,1-4H3. The minimum Gasteiger partial charge on any atom is -0.481 e. The Bertz CT molecular complexity index is 812. The van der Waals surface area contributed by atoms with Crippen LogP contribution in [0.2, 0.25) is 0 Å². The molecule has 144 valence electrons. The lowest BCUT2D eigenvalue weighted by molar-refractivity contribution is -0.138. The van der Waals surface area contributed by atoms with E-state index in [9.17, 15) is 9.18 Å². The van der Waals surface area contributed by atoms with Crippen LogP contribution in [0.3, 0.4) is 0 Å². The van der Waals surface area contributed by atoms with Gasteiger partial charge in [0, 0.05) is 31.9 Å². The minimum atomic E-state index is -0.526. The second kappa shape index (κ2) is 7.99. The van der Waals surface area contributed by atoms with Crippen molar-refractivity contribution < 1.29 is 13.9 Å². The average molecular weight is 370 g/mol. The van der Waals surface area contributed by atoms with Crippen molar-refractivity contribution in [3.8, 4) is 5.75 Å². The predicted molar refractivity (Wildman–Crippen MR) is 106 cm³/mol. The van der Waals surface area contributed by atoms with Crippen LogP contribution in [-0.2, 0) is 4.79 Å². The molecule has 1 heterocycles. The summed E-state index contributed by atoms with van der Waals surface area (Å²) >= 11 is 0. The molecule has 1 atom stereocenters. The van der Waals surface area contributed by atoms with Gasteiger partial charge < -0.3 is 14.5 Å². The molecule has 0 saturated carbocycles. The number of hydrogen-bond donors (Lipinski definition) is 0. The molecule has 0 bridgehead atoms. The number of nitrogens with zero attached hydrogens (tertiary/aromatic N) is 2. The third kappa shape index (κ3) is 4.41. The maximum Gasteiger partial charge on any atom is 0.263 e. The summed E-state index contributed by atoms with van der Waals surface area (Å²) in [5.74, 6) is 0.547. The first-order valence-electron chi connectivity index (χ1n) is 9.39. The molecule has 4 nitrogen and oxygen atoms in total. The number of piperazine rings is 1. The Kier molecular flexibility index (Phi) is 5.68. The van der Waals surface area contributed by atoms with Crippen LogP contribution >= 0.6 is 0 Å². The van der Waals surface area contributed by atoms with E-state index >= 15 is 0 Å². The van der Waals surface area contributed by atoms with Crippen LogP contribution in [0.5, 0.6) is 5.75 Å². The quantitative estimate of drug-likeness (QED) is 0.819. The van der Waals surface area contributed by atoms with E-state index in [-0.39, 0.29) is 11.7 Å². The van der Waals surface area contributed by atoms with E-state index in [1.165, 1.54) is 12.1 Å². The monoisotopic (exact) mass is 370 g/mol. The lowest BCUT2D eigenvalue weighted by atomic mass is 10.1. The zero-order valence-electron chi connectivity index (χ0n) is 16.5. The lowest BCUT2D eigenvalue weighted by Crippen LogP contribution is -2.52. The summed E-state index contributed by atoms with van der Waals surface area (Å²) in [5.41, 5.74) is 4.35. The molecule has 1 aliphatic heterocycles. The van der Waals surface area contributed by atoms with E-state index in [0.29, 0.717) is 13.1 Å². The summed E-state index contributed by atoms with van der Waals surface area (Å²) in [5, 5.41) is 0. The molecule has 27 heavy (non-hydrogen) atoms. The van der Waals surface area contributed by atoms with Crippen molar-refractivity contribution in [3.05, 3.63) is 58.9 Å². The summed E-state index contributed by atoms with van der Waals surface area (Å²) in [7, 11) is 0. The van der Waals surface area contributed by atoms with E-state index in [4.69, 9.17) is 4.74 Å². The first-order valence-corrected chi connectivity index (χ1v) is 9.39. The summed E-state index contributed by atoms with van der Waals surface area (Å²) < 4.78 is 19.1. The molecule has 0 radical (unpaired) electrons. The molecule has 1 amide bonds. The van der Waals surface area contributed by atoms with Crippen molar-refractivity contribution >= 4 is 11.6 Å². The van der Waals surface area contributed by atoms with Crippen LogP contribution in [0, 0.1) is 26.6 Å². The molecule has 1 aliphatic rings. The SMILES string of the molecule is Cc1cc(C)c(C)c(OC(C)C(=O)N2CCN(c3ccc(F)cc3)CC2)c1. The highest BCUT2D eigenvalue weighted by Gasteiger charge is 2.26. The second-order valence-corrected chi connectivity index (χ2v) is 7.25. The largest absolute Gasteiger partial charge is 0.481 e. The fourth-order valence-corrected chi connectivity index (χ4v) is 3.46. The van der Waals surface area contributed by atoms with Crippen molar-refractivity contribution in [2.75, 3.05) is 31.1 Å². The molecule has 2 aromatic rings. The molecule has 0 N–H and O–H groups in total. The van der Waals surface area contributed by atoms with Crippen molar-refractivity contribution in [2.45, 2.75) is 33.8 Å². The Hall–Kier alpha value is -2.56. The maximum atomic E-state index is 13.1. The molecular formula is C22H27FN2O2. The number of rotatable bonds is 4. The average Bonchev–Trinajstić information content (AvgIpc) is 2.66. The van der Waals surface area contributed by atoms with Gasteiger partial charge in [-0.1, -0.05) is 6.07 Å². The van der Waals surface area contributed by atoms with Crippen LogP contribution in [-0.4, -0.2) is 43.1 Å². The number of amides is 1. The molecule has 2 aromatic carbocycles. The molecule has 1 fully saturated rings. The van der Waals surface area contributed by atoms with Crippen LogP contribution in [0.4, 0.5) is 10.1 Å². The summed E-state index contributed by atoms with van der Waals surface area (Å²) in [6.45, 7) is 10.6. The molecular weight excluding hydrogens is 343 g/mol. The first-order chi connectivity index (χ1) is 12.8. The van der Waals surface area contributed by atoms with Gasteiger partial charge >= 0.3 is 0 Å². The van der Waals surface area contributed by atoms with Crippen LogP contribution in [0.1, 0.15) is 23.6 Å². The molecule has 0 aromatic heterocycles. The summed E-state index contributed by atoms with van der Waals surface area (Å²) in [6.07, 6.45) is -0.526. The second-order valence-electron chi connectivity index (χ2n) is 7.25. The Morgan fingerprint density at radius 3 is 2.30 bits per heavy atom. The smallest absolute Gasteiger partial charge is 0.263 e. The number of ether oxygens (including phenoxy) is 1. The molecule has 1 saturated heterocycles. The van der Waals surface area contributed by atoms with Gasteiger partial charge in [-0.3, -0.25) is 4.79 Å². The lowest BCUT2D eigenvalue weighted by Gasteiger charge is -2.37. The molecule has 3 rings (SSSR count). The van der Waals surface area contributed by atoms with Gasteiger partial charge in [0.15, 0.2) is 6.10 Å². The molecule has 0 spiro atoms. The van der Waals surface area contributed by atoms with Gasteiger partial charge in [0.05, 0.1) is 0 Å². The van der Waals surface area contributed by atoms with Gasteiger partial charge in [-0.15, -0.1) is 0 Å². The highest BCUT2D eigenvalue weighted by molar-refractivity contribution is 5.81. The molecule has 5 heteroatoms. The highest BCUT2D eigenvalue weighted by Crippen LogP contribution is 2.25. The maximum absolute atomic E-state index is 13.1. The number of hydrogen-bond acceptors (Lipinski definition) is 3. The molecule has 0 aliphatic carbocycles. The van der Waals surface area contributed by atoms with Crippen molar-refractivity contribution in [2.24, 2.45) is 0 Å². The third-order valence-electron chi connectivity index (χ3n) is 5.20. The number of halogens is 1. The van der Waals surface area contributed by atoms with E-state index in [1.807, 2.05) is 31.7 Å². The van der Waals surface area contributed by atoms with E-state index in [0.717, 1.165) is 41.2 Å². The van der Waals surface area contributed by atoms with Crippen LogP contribution < -0.4 is 9.64 Å². The Morgan fingerprint density at radius 1 is 1.04 bits per heavy atom. The fraction of sp³-hybridized carbons (Fsp3) is 0.409. The third-order valence-corrected chi connectivity index (χ3v) is 5.20. The predicted octanol–water partition coefficient (Wildman–Crippen LogP) is 3.87. The zero-order chi connectivity index (χ0) is 19.6. The van der Waals surface area contributed by atoms with Crippen LogP contribution in [0.15, 0.2) is 36.4 Å². The van der Waals surface area contributed by atoms with E-state index in [2.05, 4.69) is 17.9 Å². The van der Waals surface area contributed by atoms with Gasteiger partial charge in [-0.25, -0.2) is 4.39 Å². The number of benzene rings is 2. The van der Waals surface area contributed by atoms with Gasteiger partial charge in [-0.2, -0.15) is 0 Å². The zero-order valence-corrected chi connectivity index (χ0v) is 16.5. The Balaban J connectivity index is 1.59. The van der Waals surface area contributed by atoms with Crippen molar-refractivity contribution in [1.82, 2.24) is 4.90 Å². The molecule has 1 unspecified atom stereocenters. The number of anilines is 1. The number of carbonyl (C=O) groups excluding carboxylic acids is 1. The van der Waals surface area contributed by atoms with Gasteiger partial charge in [0.25, 0.3) is 5.91 Å². The highest BCUT2D eigenvalue weighted by atomic mass is 19.1. The minimum absolute atomic E-state index is 0.00677. The Labute approximate surface area is 160 Å². The normalized spacial score (nSPS) is 15.6. The number of carbonyl (C=O) groups is 1. The summed E-state index contributed by atoms with van der Waals surface area (Å²) in [4.78, 5) is 16.8. The summed E-state index contributed by atoms with van der Waals surface area (Å²) in [6, 6.07) is 10.6. The van der Waals surface area contributed by atoms with Crippen molar-refractivity contribution in [1.29, 1.82) is 0 Å². The topological polar surface area (TPSA) is 32.8 Å². The fourth-order valence-electron chi connectivity index (χ4n) is 3.46. The van der Waals surface area contributed by atoms with Crippen molar-refractivity contribution in [3.63, 3.8) is 0 Å².